The highest BCUT2D eigenvalue weighted by molar-refractivity contribution is 6.02. The molecule has 1 aliphatic heterocycles. The van der Waals surface area contributed by atoms with Crippen LogP contribution in [-0.2, 0) is 9.53 Å². The number of carbonyl (C=O) groups is 3. The Kier molecular flexibility index (Phi) is 5.61. The zero-order chi connectivity index (χ0) is 24.5. The van der Waals surface area contributed by atoms with E-state index in [0.717, 1.165) is 5.52 Å². The van der Waals surface area contributed by atoms with Crippen LogP contribution in [-0.4, -0.2) is 56.6 Å². The van der Waals surface area contributed by atoms with E-state index >= 15 is 0 Å². The van der Waals surface area contributed by atoms with Gasteiger partial charge in [-0.15, -0.1) is 0 Å². The standard InChI is InChI=1S/C23H20FN7O4/c1-13(32)25-9-15-10-31(23(34)35-15)14-6-7-20(16(24)8-14)30-11-19(26-12-30)21(33)29-22-27-17-4-2-3-5-18(17)28-22/h2-8,11-12,15H,9-10H2,1H3,(H,25,32)(H2,27,28,29,33). The molecule has 178 valence electrons. The molecule has 35 heavy (non-hydrogen) atoms. The molecule has 1 fully saturated rings. The number of nitrogens with zero attached hydrogens (tertiary/aromatic N) is 4. The van der Waals surface area contributed by atoms with Crippen LogP contribution in [0.2, 0.25) is 0 Å². The van der Waals surface area contributed by atoms with Gasteiger partial charge in [0, 0.05) is 13.1 Å². The normalized spacial score (nSPS) is 15.3. The summed E-state index contributed by atoms with van der Waals surface area (Å²) in [5, 5.41) is 5.23. The first-order valence-corrected chi connectivity index (χ1v) is 10.7. The molecule has 12 heteroatoms. The molecule has 5 rings (SSSR count). The summed E-state index contributed by atoms with van der Waals surface area (Å²) in [6.07, 6.45) is 1.55. The van der Waals surface area contributed by atoms with Crippen LogP contribution in [0.5, 0.6) is 0 Å². The third kappa shape index (κ3) is 4.53. The lowest BCUT2D eigenvalue weighted by Gasteiger charge is -2.14. The van der Waals surface area contributed by atoms with Gasteiger partial charge in [0.05, 0.1) is 35.5 Å². The van der Waals surface area contributed by atoms with Gasteiger partial charge in [0.25, 0.3) is 5.91 Å². The van der Waals surface area contributed by atoms with Crippen molar-refractivity contribution < 1.29 is 23.5 Å². The van der Waals surface area contributed by atoms with Crippen molar-refractivity contribution in [3.8, 4) is 5.69 Å². The third-order valence-corrected chi connectivity index (χ3v) is 5.41. The third-order valence-electron chi connectivity index (χ3n) is 5.41. The second-order valence-electron chi connectivity index (χ2n) is 7.91. The monoisotopic (exact) mass is 477 g/mol. The van der Waals surface area contributed by atoms with Crippen LogP contribution in [0, 0.1) is 5.82 Å². The van der Waals surface area contributed by atoms with Crippen LogP contribution in [0.15, 0.2) is 55.0 Å². The number of aromatic amines is 1. The molecule has 11 nitrogen and oxygen atoms in total. The summed E-state index contributed by atoms with van der Waals surface area (Å²) in [5.41, 5.74) is 2.01. The maximum Gasteiger partial charge on any atom is 0.414 e. The van der Waals surface area contributed by atoms with Gasteiger partial charge in [-0.1, -0.05) is 12.1 Å². The number of aromatic nitrogens is 4. The highest BCUT2D eigenvalue weighted by Gasteiger charge is 2.32. The van der Waals surface area contributed by atoms with Crippen molar-refractivity contribution >= 4 is 40.6 Å². The van der Waals surface area contributed by atoms with Gasteiger partial charge in [0.1, 0.15) is 23.9 Å². The van der Waals surface area contributed by atoms with Crippen LogP contribution in [0.25, 0.3) is 16.7 Å². The number of amides is 3. The van der Waals surface area contributed by atoms with Crippen molar-refractivity contribution in [3.05, 3.63) is 66.5 Å². The molecule has 3 N–H and O–H groups in total. The zero-order valence-electron chi connectivity index (χ0n) is 18.5. The molecule has 1 unspecified atom stereocenters. The molecule has 1 aliphatic rings. The van der Waals surface area contributed by atoms with Gasteiger partial charge in [0.15, 0.2) is 0 Å². The van der Waals surface area contributed by atoms with E-state index < -0.39 is 23.9 Å². The summed E-state index contributed by atoms with van der Waals surface area (Å²) in [6, 6.07) is 11.6. The van der Waals surface area contributed by atoms with Crippen molar-refractivity contribution in [1.82, 2.24) is 24.8 Å². The Morgan fingerprint density at radius 2 is 2.09 bits per heavy atom. The average molecular weight is 477 g/mol. The fraction of sp³-hybridized carbons (Fsp3) is 0.174. The molecule has 0 spiro atoms. The van der Waals surface area contributed by atoms with E-state index in [1.165, 1.54) is 41.0 Å². The van der Waals surface area contributed by atoms with Crippen molar-refractivity contribution in [3.63, 3.8) is 0 Å². The summed E-state index contributed by atoms with van der Waals surface area (Å²) in [4.78, 5) is 48.5. The molecule has 0 bridgehead atoms. The zero-order valence-corrected chi connectivity index (χ0v) is 18.5. The van der Waals surface area contributed by atoms with E-state index in [-0.39, 0.29) is 36.3 Å². The minimum absolute atomic E-state index is 0.0675. The lowest BCUT2D eigenvalue weighted by molar-refractivity contribution is -0.119. The highest BCUT2D eigenvalue weighted by Crippen LogP contribution is 2.25. The lowest BCUT2D eigenvalue weighted by atomic mass is 10.2. The Hall–Kier alpha value is -4.74. The summed E-state index contributed by atoms with van der Waals surface area (Å²) in [7, 11) is 0. The van der Waals surface area contributed by atoms with Gasteiger partial charge >= 0.3 is 6.09 Å². The van der Waals surface area contributed by atoms with Crippen molar-refractivity contribution in [1.29, 1.82) is 0 Å². The number of rotatable bonds is 6. The van der Waals surface area contributed by atoms with E-state index in [4.69, 9.17) is 4.74 Å². The predicted molar refractivity (Wildman–Crippen MR) is 124 cm³/mol. The fourth-order valence-electron chi connectivity index (χ4n) is 3.72. The molecule has 0 radical (unpaired) electrons. The van der Waals surface area contributed by atoms with Crippen molar-refractivity contribution in [2.45, 2.75) is 13.0 Å². The molecule has 4 aromatic rings. The topological polar surface area (TPSA) is 134 Å². The van der Waals surface area contributed by atoms with Gasteiger partial charge in [-0.25, -0.2) is 19.2 Å². The number of hydrogen-bond donors (Lipinski definition) is 3. The summed E-state index contributed by atoms with van der Waals surface area (Å²) >= 11 is 0. The van der Waals surface area contributed by atoms with E-state index in [1.54, 1.807) is 6.07 Å². The quantitative estimate of drug-likeness (QED) is 0.391. The summed E-state index contributed by atoms with van der Waals surface area (Å²) in [5.74, 6) is -1.09. The number of nitrogens with one attached hydrogen (secondary N) is 3. The molecule has 3 heterocycles. The molecule has 1 atom stereocenters. The Bertz CT molecular complexity index is 1410. The number of imidazole rings is 2. The van der Waals surface area contributed by atoms with E-state index in [9.17, 15) is 18.8 Å². The van der Waals surface area contributed by atoms with Gasteiger partial charge in [-0.2, -0.15) is 0 Å². The first-order chi connectivity index (χ1) is 16.9. The maximum atomic E-state index is 14.9. The number of anilines is 2. The number of H-pyrrole nitrogens is 1. The van der Waals surface area contributed by atoms with Crippen LogP contribution in [0.4, 0.5) is 20.8 Å². The van der Waals surface area contributed by atoms with Crippen LogP contribution >= 0.6 is 0 Å². The smallest absolute Gasteiger partial charge is 0.414 e. The number of benzene rings is 2. The Labute approximate surface area is 197 Å². The predicted octanol–water partition coefficient (Wildman–Crippen LogP) is 2.60. The minimum Gasteiger partial charge on any atom is -0.442 e. The van der Waals surface area contributed by atoms with Crippen LogP contribution in [0.3, 0.4) is 0 Å². The molecule has 1 saturated heterocycles. The lowest BCUT2D eigenvalue weighted by Crippen LogP contribution is -2.33. The minimum atomic E-state index is -0.625. The van der Waals surface area contributed by atoms with E-state index in [0.29, 0.717) is 11.2 Å². The number of ether oxygens (including phenoxy) is 1. The largest absolute Gasteiger partial charge is 0.442 e. The number of fused-ring (bicyclic) bond motifs is 1. The second kappa shape index (κ2) is 8.89. The molecule has 2 aromatic heterocycles. The van der Waals surface area contributed by atoms with Gasteiger partial charge in [-0.05, 0) is 30.3 Å². The number of para-hydroxylation sites is 2. The Balaban J connectivity index is 1.29. The highest BCUT2D eigenvalue weighted by atomic mass is 19.1. The Morgan fingerprint density at radius 3 is 2.86 bits per heavy atom. The fourth-order valence-corrected chi connectivity index (χ4v) is 3.72. The van der Waals surface area contributed by atoms with Gasteiger partial charge < -0.3 is 19.6 Å². The molecular formula is C23H20FN7O4. The molecule has 0 saturated carbocycles. The number of hydrogen-bond acceptors (Lipinski definition) is 6. The molecular weight excluding hydrogens is 457 g/mol. The second-order valence-corrected chi connectivity index (χ2v) is 7.91. The first-order valence-electron chi connectivity index (χ1n) is 10.7. The molecule has 0 aliphatic carbocycles. The van der Waals surface area contributed by atoms with Crippen LogP contribution in [0.1, 0.15) is 17.4 Å². The maximum absolute atomic E-state index is 14.9. The van der Waals surface area contributed by atoms with Gasteiger partial charge in [-0.3, -0.25) is 19.8 Å². The van der Waals surface area contributed by atoms with Gasteiger partial charge in [0.2, 0.25) is 11.9 Å². The number of carbonyl (C=O) groups excluding carboxylic acids is 3. The van der Waals surface area contributed by atoms with E-state index in [2.05, 4.69) is 25.6 Å². The van der Waals surface area contributed by atoms with E-state index in [1.807, 2.05) is 24.3 Å². The molecule has 2 aromatic carbocycles. The summed E-state index contributed by atoms with van der Waals surface area (Å²) < 4.78 is 21.5. The number of halogens is 1. The first kappa shape index (κ1) is 22.1. The summed E-state index contributed by atoms with van der Waals surface area (Å²) in [6.45, 7) is 1.72. The molecule has 3 amide bonds. The van der Waals surface area contributed by atoms with Crippen molar-refractivity contribution in [2.75, 3.05) is 23.3 Å². The number of cyclic esters (lactones) is 1. The van der Waals surface area contributed by atoms with Crippen LogP contribution < -0.4 is 15.5 Å². The van der Waals surface area contributed by atoms with Crippen molar-refractivity contribution in [2.24, 2.45) is 0 Å². The SMILES string of the molecule is CC(=O)NCC1CN(c2ccc(-n3cnc(C(=O)Nc4nc5ccccc5[nH]4)c3)c(F)c2)C(=O)O1. The average Bonchev–Trinajstić information content (AvgIpc) is 3.55. The Morgan fingerprint density at radius 1 is 1.26 bits per heavy atom.